The van der Waals surface area contributed by atoms with Crippen LogP contribution in [0.1, 0.15) is 20.7 Å². The average Bonchev–Trinajstić information content (AvgIpc) is 3.30. The molecule has 0 aliphatic carbocycles. The first-order valence-electron chi connectivity index (χ1n) is 9.15. The van der Waals surface area contributed by atoms with Crippen molar-refractivity contribution in [3.8, 4) is 17.2 Å². The summed E-state index contributed by atoms with van der Waals surface area (Å²) in [6.07, 6.45) is 3.88. The zero-order chi connectivity index (χ0) is 20.6. The SMILES string of the molecule is COc1cccc(OC)c1C(=O)NCCNC(=O)c1ccc(-n2cccc2)cc1. The van der Waals surface area contributed by atoms with Crippen LogP contribution in [0.15, 0.2) is 67.0 Å². The van der Waals surface area contributed by atoms with E-state index in [0.717, 1.165) is 5.69 Å². The van der Waals surface area contributed by atoms with Crippen LogP contribution in [0, 0.1) is 0 Å². The van der Waals surface area contributed by atoms with Crippen molar-refractivity contribution in [2.24, 2.45) is 0 Å². The van der Waals surface area contributed by atoms with Crippen LogP contribution in [0.3, 0.4) is 0 Å². The number of hydrogen-bond donors (Lipinski definition) is 2. The fraction of sp³-hybridized carbons (Fsp3) is 0.182. The number of ether oxygens (including phenoxy) is 2. The average molecular weight is 393 g/mol. The predicted molar refractivity (Wildman–Crippen MR) is 110 cm³/mol. The molecule has 0 saturated heterocycles. The molecular weight excluding hydrogens is 370 g/mol. The van der Waals surface area contributed by atoms with Gasteiger partial charge in [-0.3, -0.25) is 9.59 Å². The van der Waals surface area contributed by atoms with Crippen molar-refractivity contribution in [2.75, 3.05) is 27.3 Å². The van der Waals surface area contributed by atoms with Gasteiger partial charge in [-0.1, -0.05) is 6.07 Å². The van der Waals surface area contributed by atoms with E-state index in [0.29, 0.717) is 29.2 Å². The maximum atomic E-state index is 12.5. The topological polar surface area (TPSA) is 81.6 Å². The van der Waals surface area contributed by atoms with Crippen LogP contribution >= 0.6 is 0 Å². The summed E-state index contributed by atoms with van der Waals surface area (Å²) >= 11 is 0. The summed E-state index contributed by atoms with van der Waals surface area (Å²) in [4.78, 5) is 24.8. The van der Waals surface area contributed by atoms with Gasteiger partial charge in [0, 0.05) is 36.7 Å². The van der Waals surface area contributed by atoms with Crippen LogP contribution in [0.2, 0.25) is 0 Å². The smallest absolute Gasteiger partial charge is 0.258 e. The Labute approximate surface area is 169 Å². The molecule has 2 aromatic carbocycles. The minimum absolute atomic E-state index is 0.201. The summed E-state index contributed by atoms with van der Waals surface area (Å²) < 4.78 is 12.4. The zero-order valence-electron chi connectivity index (χ0n) is 16.3. The molecule has 0 saturated carbocycles. The Morgan fingerprint density at radius 1 is 0.793 bits per heavy atom. The molecule has 0 unspecified atom stereocenters. The Hall–Kier alpha value is -3.74. The number of amides is 2. The first-order chi connectivity index (χ1) is 14.1. The van der Waals surface area contributed by atoms with Gasteiger partial charge in [-0.2, -0.15) is 0 Å². The third-order valence-corrected chi connectivity index (χ3v) is 4.38. The second-order valence-electron chi connectivity index (χ2n) is 6.19. The molecule has 29 heavy (non-hydrogen) atoms. The van der Waals surface area contributed by atoms with Gasteiger partial charge in [0.05, 0.1) is 14.2 Å². The lowest BCUT2D eigenvalue weighted by atomic mass is 10.1. The van der Waals surface area contributed by atoms with Gasteiger partial charge in [0.1, 0.15) is 17.1 Å². The molecule has 2 N–H and O–H groups in total. The van der Waals surface area contributed by atoms with Gasteiger partial charge in [0.2, 0.25) is 0 Å². The van der Waals surface area contributed by atoms with Crippen molar-refractivity contribution in [1.82, 2.24) is 15.2 Å². The van der Waals surface area contributed by atoms with Crippen molar-refractivity contribution in [2.45, 2.75) is 0 Å². The van der Waals surface area contributed by atoms with E-state index in [-0.39, 0.29) is 18.4 Å². The molecule has 1 aromatic heterocycles. The molecule has 0 aliphatic heterocycles. The molecule has 3 aromatic rings. The van der Waals surface area contributed by atoms with Crippen molar-refractivity contribution >= 4 is 11.8 Å². The lowest BCUT2D eigenvalue weighted by Gasteiger charge is -2.13. The highest BCUT2D eigenvalue weighted by Crippen LogP contribution is 2.27. The van der Waals surface area contributed by atoms with Crippen LogP contribution in [0.5, 0.6) is 11.5 Å². The largest absolute Gasteiger partial charge is 0.496 e. The molecule has 150 valence electrons. The van der Waals surface area contributed by atoms with Crippen molar-refractivity contribution in [1.29, 1.82) is 0 Å². The summed E-state index contributed by atoms with van der Waals surface area (Å²) in [7, 11) is 2.99. The van der Waals surface area contributed by atoms with Crippen molar-refractivity contribution in [3.63, 3.8) is 0 Å². The first kappa shape index (κ1) is 20.0. The summed E-state index contributed by atoms with van der Waals surface area (Å²) in [6.45, 7) is 0.564. The van der Waals surface area contributed by atoms with Crippen LogP contribution in [-0.2, 0) is 0 Å². The molecule has 7 nitrogen and oxygen atoms in total. The standard InChI is InChI=1S/C22H23N3O4/c1-28-18-6-5-7-19(29-2)20(18)22(27)24-13-12-23-21(26)16-8-10-17(11-9-16)25-14-3-4-15-25/h3-11,14-15H,12-13H2,1-2H3,(H,23,26)(H,24,27). The second kappa shape index (κ2) is 9.45. The quantitative estimate of drug-likeness (QED) is 0.577. The number of rotatable bonds is 8. The van der Waals surface area contributed by atoms with E-state index in [1.54, 1.807) is 30.3 Å². The molecule has 0 radical (unpaired) electrons. The van der Waals surface area contributed by atoms with Crippen LogP contribution in [0.4, 0.5) is 0 Å². The molecule has 0 aliphatic rings. The van der Waals surface area contributed by atoms with Gasteiger partial charge >= 0.3 is 0 Å². The minimum Gasteiger partial charge on any atom is -0.496 e. The van der Waals surface area contributed by atoms with Gasteiger partial charge < -0.3 is 24.7 Å². The van der Waals surface area contributed by atoms with E-state index in [4.69, 9.17) is 9.47 Å². The zero-order valence-corrected chi connectivity index (χ0v) is 16.3. The van der Waals surface area contributed by atoms with Crippen LogP contribution in [0.25, 0.3) is 5.69 Å². The number of nitrogens with zero attached hydrogens (tertiary/aromatic N) is 1. The van der Waals surface area contributed by atoms with Crippen LogP contribution < -0.4 is 20.1 Å². The molecule has 2 amide bonds. The second-order valence-corrected chi connectivity index (χ2v) is 6.19. The normalized spacial score (nSPS) is 10.3. The Kier molecular flexibility index (Phi) is 6.52. The number of methoxy groups -OCH3 is 2. The molecule has 7 heteroatoms. The Bertz CT molecular complexity index is 944. The third-order valence-electron chi connectivity index (χ3n) is 4.38. The number of carbonyl (C=O) groups is 2. The third kappa shape index (κ3) is 4.76. The minimum atomic E-state index is -0.329. The maximum absolute atomic E-state index is 12.5. The molecule has 0 bridgehead atoms. The van der Waals surface area contributed by atoms with E-state index >= 15 is 0 Å². The highest BCUT2D eigenvalue weighted by atomic mass is 16.5. The fourth-order valence-electron chi connectivity index (χ4n) is 2.91. The maximum Gasteiger partial charge on any atom is 0.258 e. The summed E-state index contributed by atoms with van der Waals surface area (Å²) in [5, 5.41) is 5.56. The monoisotopic (exact) mass is 393 g/mol. The van der Waals surface area contributed by atoms with Crippen molar-refractivity contribution in [3.05, 3.63) is 78.1 Å². The van der Waals surface area contributed by atoms with Gasteiger partial charge in [0.15, 0.2) is 0 Å². The Balaban J connectivity index is 1.52. The summed E-state index contributed by atoms with van der Waals surface area (Å²) in [6, 6.07) is 16.3. The van der Waals surface area contributed by atoms with E-state index in [1.807, 2.05) is 41.2 Å². The molecule has 1 heterocycles. The van der Waals surface area contributed by atoms with Gasteiger partial charge in [-0.25, -0.2) is 0 Å². The number of carbonyl (C=O) groups excluding carboxylic acids is 2. The predicted octanol–water partition coefficient (Wildman–Crippen LogP) is 2.65. The molecule has 0 fully saturated rings. The first-order valence-corrected chi connectivity index (χ1v) is 9.15. The number of nitrogens with one attached hydrogen (secondary N) is 2. The summed E-state index contributed by atoms with van der Waals surface area (Å²) in [5.41, 5.74) is 1.85. The highest BCUT2D eigenvalue weighted by molar-refractivity contribution is 5.99. The Morgan fingerprint density at radius 2 is 1.34 bits per heavy atom. The fourth-order valence-corrected chi connectivity index (χ4v) is 2.91. The lowest BCUT2D eigenvalue weighted by Crippen LogP contribution is -2.35. The molecule has 0 spiro atoms. The van der Waals surface area contributed by atoms with Gasteiger partial charge in [-0.15, -0.1) is 0 Å². The number of hydrogen-bond acceptors (Lipinski definition) is 4. The van der Waals surface area contributed by atoms with E-state index in [2.05, 4.69) is 10.6 Å². The van der Waals surface area contributed by atoms with E-state index in [9.17, 15) is 9.59 Å². The molecule has 3 rings (SSSR count). The Morgan fingerprint density at radius 3 is 1.90 bits per heavy atom. The van der Waals surface area contributed by atoms with E-state index in [1.165, 1.54) is 14.2 Å². The van der Waals surface area contributed by atoms with E-state index < -0.39 is 0 Å². The van der Waals surface area contributed by atoms with Gasteiger partial charge in [-0.05, 0) is 48.5 Å². The highest BCUT2D eigenvalue weighted by Gasteiger charge is 2.17. The number of aromatic nitrogens is 1. The summed E-state index contributed by atoms with van der Waals surface area (Å²) in [5.74, 6) is 0.320. The molecule has 0 atom stereocenters. The van der Waals surface area contributed by atoms with Gasteiger partial charge in [0.25, 0.3) is 11.8 Å². The lowest BCUT2D eigenvalue weighted by molar-refractivity contribution is 0.0924. The molecular formula is C22H23N3O4. The number of benzene rings is 2. The van der Waals surface area contributed by atoms with Crippen LogP contribution in [-0.4, -0.2) is 43.7 Å². The van der Waals surface area contributed by atoms with Crippen molar-refractivity contribution < 1.29 is 19.1 Å².